The normalized spacial score (nSPS) is 10.3. The van der Waals surface area contributed by atoms with Gasteiger partial charge in [-0.1, -0.05) is 37.9 Å². The van der Waals surface area contributed by atoms with E-state index in [0.29, 0.717) is 13.1 Å². The summed E-state index contributed by atoms with van der Waals surface area (Å²) in [6, 6.07) is 4.03. The molecule has 1 aromatic rings. The van der Waals surface area contributed by atoms with Gasteiger partial charge in [-0.3, -0.25) is 0 Å². The van der Waals surface area contributed by atoms with Crippen molar-refractivity contribution in [2.24, 2.45) is 0 Å². The summed E-state index contributed by atoms with van der Waals surface area (Å²) in [7, 11) is 0. The molecular weight excluding hydrogens is 267 g/mol. The van der Waals surface area contributed by atoms with Gasteiger partial charge in [-0.2, -0.15) is 0 Å². The summed E-state index contributed by atoms with van der Waals surface area (Å²) in [4.78, 5) is 13.8. The molecule has 0 heterocycles. The van der Waals surface area contributed by atoms with Gasteiger partial charge in [0.05, 0.1) is 10.7 Å². The van der Waals surface area contributed by atoms with Crippen LogP contribution in [0.5, 0.6) is 0 Å². The van der Waals surface area contributed by atoms with Crippen LogP contribution in [0.2, 0.25) is 5.02 Å². The zero-order valence-electron chi connectivity index (χ0n) is 11.4. The third-order valence-corrected chi connectivity index (χ3v) is 3.07. The molecule has 0 saturated heterocycles. The maximum Gasteiger partial charge on any atom is 0.321 e. The summed E-state index contributed by atoms with van der Waals surface area (Å²) in [5, 5.41) is 2.76. The van der Waals surface area contributed by atoms with Gasteiger partial charge in [0.1, 0.15) is 5.82 Å². The Morgan fingerprint density at radius 2 is 2.05 bits per heavy atom. The van der Waals surface area contributed by atoms with E-state index in [1.165, 1.54) is 12.1 Å². The predicted molar refractivity (Wildman–Crippen MR) is 77.2 cm³/mol. The first-order valence-corrected chi connectivity index (χ1v) is 6.97. The Labute approximate surface area is 118 Å². The van der Waals surface area contributed by atoms with Crippen LogP contribution in [0, 0.1) is 5.82 Å². The van der Waals surface area contributed by atoms with E-state index in [4.69, 9.17) is 11.6 Å². The molecule has 1 rings (SSSR count). The number of para-hydroxylation sites is 1. The lowest BCUT2D eigenvalue weighted by molar-refractivity contribution is 0.210. The lowest BCUT2D eigenvalue weighted by Gasteiger charge is -2.22. The van der Waals surface area contributed by atoms with E-state index < -0.39 is 5.82 Å². The Bertz CT molecular complexity index is 406. The fourth-order valence-corrected chi connectivity index (χ4v) is 1.95. The van der Waals surface area contributed by atoms with Crippen molar-refractivity contribution in [3.05, 3.63) is 29.0 Å². The van der Waals surface area contributed by atoms with Crippen molar-refractivity contribution in [1.29, 1.82) is 0 Å². The molecule has 0 bridgehead atoms. The standard InChI is InChI=1S/C14H20ClFN2O/c1-3-5-10-18(9-4-2)14(19)17-13-11(15)7-6-8-12(13)16/h6-8H,3-5,9-10H2,1-2H3,(H,17,19). The molecule has 19 heavy (non-hydrogen) atoms. The van der Waals surface area contributed by atoms with Crippen LogP contribution >= 0.6 is 11.6 Å². The number of urea groups is 1. The van der Waals surface area contributed by atoms with Gasteiger partial charge in [0.2, 0.25) is 0 Å². The Balaban J connectivity index is 2.75. The van der Waals surface area contributed by atoms with Crippen LogP contribution < -0.4 is 5.32 Å². The first-order valence-electron chi connectivity index (χ1n) is 6.60. The average Bonchev–Trinajstić information content (AvgIpc) is 2.38. The van der Waals surface area contributed by atoms with Crippen LogP contribution in [0.3, 0.4) is 0 Å². The van der Waals surface area contributed by atoms with Crippen LogP contribution in [-0.2, 0) is 0 Å². The first kappa shape index (κ1) is 15.8. The molecule has 0 aromatic heterocycles. The number of nitrogens with zero attached hydrogens (tertiary/aromatic N) is 1. The van der Waals surface area contributed by atoms with E-state index in [0.717, 1.165) is 19.3 Å². The molecule has 0 aliphatic heterocycles. The fourth-order valence-electron chi connectivity index (χ4n) is 1.74. The van der Waals surface area contributed by atoms with Gasteiger partial charge in [-0.25, -0.2) is 9.18 Å². The maximum absolute atomic E-state index is 13.6. The minimum Gasteiger partial charge on any atom is -0.325 e. The number of halogens is 2. The summed E-state index contributed by atoms with van der Waals surface area (Å²) >= 11 is 5.89. The lowest BCUT2D eigenvalue weighted by atomic mass is 10.3. The van der Waals surface area contributed by atoms with Crippen molar-refractivity contribution in [3.8, 4) is 0 Å². The summed E-state index contributed by atoms with van der Waals surface area (Å²) in [6.45, 7) is 5.39. The number of rotatable bonds is 6. The quantitative estimate of drug-likeness (QED) is 0.819. The number of amides is 2. The van der Waals surface area contributed by atoms with E-state index in [-0.39, 0.29) is 16.7 Å². The first-order chi connectivity index (χ1) is 9.10. The van der Waals surface area contributed by atoms with Gasteiger partial charge >= 0.3 is 6.03 Å². The smallest absolute Gasteiger partial charge is 0.321 e. The number of unbranched alkanes of at least 4 members (excludes halogenated alkanes) is 1. The number of nitrogens with one attached hydrogen (secondary N) is 1. The zero-order valence-corrected chi connectivity index (χ0v) is 12.1. The summed E-state index contributed by atoms with van der Waals surface area (Å²) in [5.74, 6) is -0.521. The highest BCUT2D eigenvalue weighted by Crippen LogP contribution is 2.24. The lowest BCUT2D eigenvalue weighted by Crippen LogP contribution is -2.36. The van der Waals surface area contributed by atoms with Gasteiger partial charge in [-0.15, -0.1) is 0 Å². The second-order valence-corrected chi connectivity index (χ2v) is 4.77. The minimum atomic E-state index is -0.521. The third-order valence-electron chi connectivity index (χ3n) is 2.76. The number of benzene rings is 1. The van der Waals surface area contributed by atoms with Crippen LogP contribution in [0.1, 0.15) is 33.1 Å². The molecule has 106 valence electrons. The largest absolute Gasteiger partial charge is 0.325 e. The Morgan fingerprint density at radius 3 is 2.63 bits per heavy atom. The Morgan fingerprint density at radius 1 is 1.32 bits per heavy atom. The molecule has 1 aromatic carbocycles. The molecule has 3 nitrogen and oxygen atoms in total. The molecule has 0 aliphatic rings. The highest BCUT2D eigenvalue weighted by Gasteiger charge is 2.15. The van der Waals surface area contributed by atoms with E-state index in [1.54, 1.807) is 11.0 Å². The van der Waals surface area contributed by atoms with Crippen molar-refractivity contribution in [1.82, 2.24) is 4.90 Å². The van der Waals surface area contributed by atoms with E-state index in [2.05, 4.69) is 12.2 Å². The minimum absolute atomic E-state index is 0.0479. The van der Waals surface area contributed by atoms with Gasteiger partial charge in [-0.05, 0) is 25.0 Å². The topological polar surface area (TPSA) is 32.3 Å². The number of hydrogen-bond donors (Lipinski definition) is 1. The van der Waals surface area contributed by atoms with Crippen molar-refractivity contribution in [2.45, 2.75) is 33.1 Å². The van der Waals surface area contributed by atoms with Crippen LogP contribution in [0.15, 0.2) is 18.2 Å². The molecule has 2 amide bonds. The van der Waals surface area contributed by atoms with Crippen molar-refractivity contribution < 1.29 is 9.18 Å². The molecular formula is C14H20ClFN2O. The predicted octanol–water partition coefficient (Wildman–Crippen LogP) is 4.52. The number of carbonyl (C=O) groups is 1. The van der Waals surface area contributed by atoms with Crippen LogP contribution in [0.25, 0.3) is 0 Å². The van der Waals surface area contributed by atoms with Gasteiger partial charge in [0.15, 0.2) is 0 Å². The number of carbonyl (C=O) groups excluding carboxylic acids is 1. The maximum atomic E-state index is 13.6. The van der Waals surface area contributed by atoms with Crippen molar-refractivity contribution in [3.63, 3.8) is 0 Å². The zero-order chi connectivity index (χ0) is 14.3. The molecule has 0 unspecified atom stereocenters. The van der Waals surface area contributed by atoms with Crippen molar-refractivity contribution in [2.75, 3.05) is 18.4 Å². The third kappa shape index (κ3) is 4.71. The average molecular weight is 287 g/mol. The molecule has 0 spiro atoms. The highest BCUT2D eigenvalue weighted by atomic mass is 35.5. The molecule has 0 fully saturated rings. The Kier molecular flexibility index (Phi) is 6.64. The van der Waals surface area contributed by atoms with E-state index >= 15 is 0 Å². The van der Waals surface area contributed by atoms with Crippen LogP contribution in [0.4, 0.5) is 14.9 Å². The second-order valence-electron chi connectivity index (χ2n) is 4.37. The van der Waals surface area contributed by atoms with Gasteiger partial charge in [0, 0.05) is 13.1 Å². The number of anilines is 1. The molecule has 0 saturated carbocycles. The van der Waals surface area contributed by atoms with Crippen LogP contribution in [-0.4, -0.2) is 24.0 Å². The van der Waals surface area contributed by atoms with Gasteiger partial charge in [0.25, 0.3) is 0 Å². The second kappa shape index (κ2) is 8.00. The summed E-state index contributed by atoms with van der Waals surface area (Å²) in [5.41, 5.74) is 0.0479. The Hall–Kier alpha value is -1.29. The molecule has 5 heteroatoms. The van der Waals surface area contributed by atoms with Gasteiger partial charge < -0.3 is 10.2 Å². The highest BCUT2D eigenvalue weighted by molar-refractivity contribution is 6.33. The molecule has 1 N–H and O–H groups in total. The molecule has 0 radical (unpaired) electrons. The number of hydrogen-bond acceptors (Lipinski definition) is 1. The van der Waals surface area contributed by atoms with Crippen molar-refractivity contribution >= 4 is 23.3 Å². The van der Waals surface area contributed by atoms with E-state index in [1.807, 2.05) is 6.92 Å². The summed E-state index contributed by atoms with van der Waals surface area (Å²) < 4.78 is 13.6. The van der Waals surface area contributed by atoms with E-state index in [9.17, 15) is 9.18 Å². The monoisotopic (exact) mass is 286 g/mol. The molecule has 0 atom stereocenters. The molecule has 0 aliphatic carbocycles. The fraction of sp³-hybridized carbons (Fsp3) is 0.500. The SMILES string of the molecule is CCCCN(CCC)C(=O)Nc1c(F)cccc1Cl. The summed E-state index contributed by atoms with van der Waals surface area (Å²) in [6.07, 6.45) is 2.80.